The number of anilines is 1. The van der Waals surface area contributed by atoms with E-state index in [0.717, 1.165) is 0 Å². The summed E-state index contributed by atoms with van der Waals surface area (Å²) < 4.78 is 31.5. The minimum atomic E-state index is -3.77. The Morgan fingerprint density at radius 2 is 2.10 bits per heavy atom. The van der Waals surface area contributed by atoms with E-state index in [-0.39, 0.29) is 11.4 Å². The van der Waals surface area contributed by atoms with Gasteiger partial charge in [0.1, 0.15) is 0 Å². The Hall–Kier alpha value is -1.64. The predicted molar refractivity (Wildman–Crippen MR) is 80.3 cm³/mol. The summed E-state index contributed by atoms with van der Waals surface area (Å²) in [5.74, 6) is -0.419. The highest BCUT2D eigenvalue weighted by Crippen LogP contribution is 2.19. The van der Waals surface area contributed by atoms with Gasteiger partial charge in [-0.2, -0.15) is 0 Å². The first kappa shape index (κ1) is 17.4. The van der Waals surface area contributed by atoms with E-state index in [2.05, 4.69) is 10.0 Å². The minimum absolute atomic E-state index is 0.106. The Kier molecular flexibility index (Phi) is 6.60. The van der Waals surface area contributed by atoms with Crippen LogP contribution in [0.3, 0.4) is 0 Å². The number of hydrogen-bond acceptors (Lipinski definition) is 5. The fourth-order valence-corrected chi connectivity index (χ4v) is 3.03. The second kappa shape index (κ2) is 7.96. The molecule has 0 fully saturated rings. The minimum Gasteiger partial charge on any atom is -0.399 e. The van der Waals surface area contributed by atoms with E-state index in [1.54, 1.807) is 12.1 Å². The molecule has 7 nitrogen and oxygen atoms in total. The number of sulfonamides is 1. The van der Waals surface area contributed by atoms with Crippen molar-refractivity contribution < 1.29 is 17.9 Å². The van der Waals surface area contributed by atoms with E-state index in [0.29, 0.717) is 30.8 Å². The van der Waals surface area contributed by atoms with Crippen molar-refractivity contribution in [2.24, 2.45) is 0 Å². The molecular weight excluding hydrogens is 294 g/mol. The molecule has 0 bridgehead atoms. The Labute approximate surface area is 124 Å². The van der Waals surface area contributed by atoms with Gasteiger partial charge in [0, 0.05) is 19.3 Å². The fraction of sp³-hybridized carbons (Fsp3) is 0.462. The first-order valence-electron chi connectivity index (χ1n) is 6.54. The third-order valence-electron chi connectivity index (χ3n) is 2.81. The molecule has 1 aromatic carbocycles. The first-order valence-corrected chi connectivity index (χ1v) is 8.02. The van der Waals surface area contributed by atoms with Gasteiger partial charge in [-0.25, -0.2) is 13.1 Å². The molecular formula is C13H21N3O4S. The molecule has 0 aliphatic heterocycles. The lowest BCUT2D eigenvalue weighted by molar-refractivity contribution is -0.120. The summed E-state index contributed by atoms with van der Waals surface area (Å²) in [6.45, 7) is 2.22. The van der Waals surface area contributed by atoms with Crippen LogP contribution >= 0.6 is 0 Å². The summed E-state index contributed by atoms with van der Waals surface area (Å²) in [5.41, 5.74) is 6.64. The first-order chi connectivity index (χ1) is 9.90. The molecule has 8 heteroatoms. The van der Waals surface area contributed by atoms with Gasteiger partial charge in [-0.3, -0.25) is 4.79 Å². The standard InChI is InChI=1S/C13H21N3O4S/c1-3-10-4-5-11(14)8-12(10)21(18,19)16-9-13(17)15-6-7-20-2/h4-5,8,16H,3,6-7,9,14H2,1-2H3,(H,15,17). The maximum absolute atomic E-state index is 12.2. The van der Waals surface area contributed by atoms with Crippen molar-refractivity contribution in [2.45, 2.75) is 18.2 Å². The molecule has 1 rings (SSSR count). The lowest BCUT2D eigenvalue weighted by atomic mass is 10.1. The van der Waals surface area contributed by atoms with Crippen molar-refractivity contribution in [2.75, 3.05) is 32.5 Å². The number of nitrogens with two attached hydrogens (primary N) is 1. The zero-order chi connectivity index (χ0) is 15.9. The number of aryl methyl sites for hydroxylation is 1. The van der Waals surface area contributed by atoms with Crippen LogP contribution in [0, 0.1) is 0 Å². The van der Waals surface area contributed by atoms with Crippen LogP contribution in [-0.2, 0) is 26.0 Å². The highest BCUT2D eigenvalue weighted by molar-refractivity contribution is 7.89. The number of hydrogen-bond donors (Lipinski definition) is 3. The molecule has 1 aromatic rings. The molecule has 0 radical (unpaired) electrons. The highest BCUT2D eigenvalue weighted by Gasteiger charge is 2.19. The maximum Gasteiger partial charge on any atom is 0.241 e. The van der Waals surface area contributed by atoms with Gasteiger partial charge < -0.3 is 15.8 Å². The summed E-state index contributed by atoms with van der Waals surface area (Å²) in [6, 6.07) is 4.71. The number of carbonyl (C=O) groups is 1. The second-order valence-electron chi connectivity index (χ2n) is 4.39. The maximum atomic E-state index is 12.2. The van der Waals surface area contributed by atoms with Crippen LogP contribution in [0.5, 0.6) is 0 Å². The van der Waals surface area contributed by atoms with Gasteiger partial charge in [0.2, 0.25) is 15.9 Å². The van der Waals surface area contributed by atoms with Crippen LogP contribution in [0.15, 0.2) is 23.1 Å². The van der Waals surface area contributed by atoms with E-state index in [1.165, 1.54) is 13.2 Å². The lowest BCUT2D eigenvalue weighted by Crippen LogP contribution is -2.38. The predicted octanol–water partition coefficient (Wildman–Crippen LogP) is -0.128. The van der Waals surface area contributed by atoms with Crippen molar-refractivity contribution in [1.82, 2.24) is 10.0 Å². The normalized spacial score (nSPS) is 11.3. The number of ether oxygens (including phenoxy) is 1. The van der Waals surface area contributed by atoms with Crippen molar-refractivity contribution in [1.29, 1.82) is 0 Å². The number of amides is 1. The van der Waals surface area contributed by atoms with E-state index in [4.69, 9.17) is 10.5 Å². The van der Waals surface area contributed by atoms with Crippen molar-refractivity contribution in [3.63, 3.8) is 0 Å². The van der Waals surface area contributed by atoms with Crippen LogP contribution in [0.4, 0.5) is 5.69 Å². The van der Waals surface area contributed by atoms with Gasteiger partial charge in [-0.1, -0.05) is 13.0 Å². The highest BCUT2D eigenvalue weighted by atomic mass is 32.2. The largest absolute Gasteiger partial charge is 0.399 e. The zero-order valence-electron chi connectivity index (χ0n) is 12.2. The van der Waals surface area contributed by atoms with E-state index in [1.807, 2.05) is 6.92 Å². The van der Waals surface area contributed by atoms with E-state index < -0.39 is 15.9 Å². The van der Waals surface area contributed by atoms with E-state index in [9.17, 15) is 13.2 Å². The molecule has 0 unspecified atom stereocenters. The number of nitrogen functional groups attached to an aromatic ring is 1. The third kappa shape index (κ3) is 5.33. The molecule has 21 heavy (non-hydrogen) atoms. The average molecular weight is 315 g/mol. The molecule has 0 saturated heterocycles. The van der Waals surface area contributed by atoms with Gasteiger partial charge in [-0.15, -0.1) is 0 Å². The molecule has 0 atom stereocenters. The van der Waals surface area contributed by atoms with Gasteiger partial charge in [0.15, 0.2) is 0 Å². The molecule has 0 aromatic heterocycles. The molecule has 4 N–H and O–H groups in total. The van der Waals surface area contributed by atoms with E-state index >= 15 is 0 Å². The quantitative estimate of drug-likeness (QED) is 0.457. The van der Waals surface area contributed by atoms with Gasteiger partial charge >= 0.3 is 0 Å². The Morgan fingerprint density at radius 1 is 1.38 bits per heavy atom. The lowest BCUT2D eigenvalue weighted by Gasteiger charge is -2.11. The van der Waals surface area contributed by atoms with Gasteiger partial charge in [0.25, 0.3) is 0 Å². The Balaban J connectivity index is 2.74. The monoisotopic (exact) mass is 315 g/mol. The molecule has 0 aliphatic rings. The Bertz CT molecular complexity index is 587. The molecule has 118 valence electrons. The topological polar surface area (TPSA) is 111 Å². The van der Waals surface area contributed by atoms with Crippen LogP contribution in [-0.4, -0.2) is 41.1 Å². The summed E-state index contributed by atoms with van der Waals surface area (Å²) in [6.07, 6.45) is 0.552. The van der Waals surface area contributed by atoms with Crippen molar-refractivity contribution >= 4 is 21.6 Å². The van der Waals surface area contributed by atoms with Crippen molar-refractivity contribution in [3.8, 4) is 0 Å². The van der Waals surface area contributed by atoms with Crippen LogP contribution < -0.4 is 15.8 Å². The number of carbonyl (C=O) groups excluding carboxylic acids is 1. The summed E-state index contributed by atoms with van der Waals surface area (Å²) in [4.78, 5) is 11.6. The average Bonchev–Trinajstić information content (AvgIpc) is 2.45. The summed E-state index contributed by atoms with van der Waals surface area (Å²) in [5, 5.41) is 2.53. The van der Waals surface area contributed by atoms with Crippen LogP contribution in [0.25, 0.3) is 0 Å². The number of benzene rings is 1. The smallest absolute Gasteiger partial charge is 0.241 e. The zero-order valence-corrected chi connectivity index (χ0v) is 13.0. The molecule has 0 spiro atoms. The third-order valence-corrected chi connectivity index (χ3v) is 4.30. The SMILES string of the molecule is CCc1ccc(N)cc1S(=O)(=O)NCC(=O)NCCOC. The molecule has 1 amide bonds. The van der Waals surface area contributed by atoms with Gasteiger partial charge in [-0.05, 0) is 24.1 Å². The second-order valence-corrected chi connectivity index (χ2v) is 6.12. The van der Waals surface area contributed by atoms with Gasteiger partial charge in [0.05, 0.1) is 18.0 Å². The summed E-state index contributed by atoms with van der Waals surface area (Å²) >= 11 is 0. The number of methoxy groups -OCH3 is 1. The summed E-state index contributed by atoms with van der Waals surface area (Å²) in [7, 11) is -2.26. The van der Waals surface area contributed by atoms with Crippen molar-refractivity contribution in [3.05, 3.63) is 23.8 Å². The fourth-order valence-electron chi connectivity index (χ4n) is 1.71. The number of nitrogens with one attached hydrogen (secondary N) is 2. The van der Waals surface area contributed by atoms with Crippen LogP contribution in [0.1, 0.15) is 12.5 Å². The molecule has 0 aliphatic carbocycles. The van der Waals surface area contributed by atoms with Crippen LogP contribution in [0.2, 0.25) is 0 Å². The molecule has 0 saturated carbocycles. The number of rotatable bonds is 8. The Morgan fingerprint density at radius 3 is 2.71 bits per heavy atom. The molecule has 0 heterocycles.